The Labute approximate surface area is 183 Å². The smallest absolute Gasteiger partial charge is 0.171 e. The van der Waals surface area contributed by atoms with Gasteiger partial charge in [-0.25, -0.2) is 0 Å². The highest BCUT2D eigenvalue weighted by atomic mass is 16.7. The van der Waals surface area contributed by atoms with Crippen LogP contribution in [0.25, 0.3) is 0 Å². The van der Waals surface area contributed by atoms with Crippen molar-refractivity contribution in [1.29, 1.82) is 0 Å². The highest BCUT2D eigenvalue weighted by Gasteiger charge is 2.69. The van der Waals surface area contributed by atoms with Crippen molar-refractivity contribution in [3.8, 4) is 0 Å². The Hall–Kier alpha value is -0.410. The molecule has 0 bridgehead atoms. The molecule has 168 valence electrons. The van der Waals surface area contributed by atoms with Crippen LogP contribution in [0.15, 0.2) is 0 Å². The van der Waals surface area contributed by atoms with E-state index in [4.69, 9.17) is 9.47 Å². The van der Waals surface area contributed by atoms with Gasteiger partial charge in [0, 0.05) is 25.2 Å². The van der Waals surface area contributed by atoms with E-state index in [2.05, 4.69) is 27.7 Å². The molecular weight excluding hydrogens is 372 g/mol. The van der Waals surface area contributed by atoms with Gasteiger partial charge in [-0.2, -0.15) is 0 Å². The molecule has 3 heteroatoms. The van der Waals surface area contributed by atoms with Crippen molar-refractivity contribution >= 4 is 5.78 Å². The zero-order valence-electron chi connectivity index (χ0n) is 19.6. The number of Topliss-reactive ketones (excluding diaryl/α,β-unsaturated/α-hetero) is 1. The van der Waals surface area contributed by atoms with E-state index in [1.54, 1.807) is 0 Å². The summed E-state index contributed by atoms with van der Waals surface area (Å²) in [6.07, 6.45) is 12.2. The van der Waals surface area contributed by atoms with Crippen molar-refractivity contribution in [3.63, 3.8) is 0 Å². The molecule has 6 aliphatic rings. The number of hydrogen-bond donors (Lipinski definition) is 0. The van der Waals surface area contributed by atoms with Gasteiger partial charge >= 0.3 is 0 Å². The number of ether oxygens (including phenoxy) is 2. The lowest BCUT2D eigenvalue weighted by Crippen LogP contribution is -2.54. The Bertz CT molecular complexity index is 724. The molecule has 1 spiro atoms. The Morgan fingerprint density at radius 2 is 1.77 bits per heavy atom. The Kier molecular flexibility index (Phi) is 4.42. The van der Waals surface area contributed by atoms with Gasteiger partial charge in [-0.05, 0) is 91.3 Å². The lowest BCUT2D eigenvalue weighted by molar-refractivity contribution is -0.273. The molecule has 30 heavy (non-hydrogen) atoms. The van der Waals surface area contributed by atoms with Crippen molar-refractivity contribution in [2.75, 3.05) is 6.61 Å². The molecule has 2 aliphatic heterocycles. The van der Waals surface area contributed by atoms with Gasteiger partial charge in [0.15, 0.2) is 5.79 Å². The highest BCUT2D eigenvalue weighted by Crippen LogP contribution is 2.71. The van der Waals surface area contributed by atoms with E-state index >= 15 is 0 Å². The van der Waals surface area contributed by atoms with Crippen LogP contribution in [0.2, 0.25) is 0 Å². The predicted octanol–water partition coefficient (Wildman–Crippen LogP) is 6.00. The van der Waals surface area contributed by atoms with Crippen LogP contribution >= 0.6 is 0 Å². The predicted molar refractivity (Wildman–Crippen MR) is 117 cm³/mol. The number of rotatable bonds is 0. The number of hydrogen-bond acceptors (Lipinski definition) is 3. The van der Waals surface area contributed by atoms with Gasteiger partial charge < -0.3 is 9.47 Å². The Balaban J connectivity index is 1.26. The molecule has 0 amide bonds. The third-order valence-electron chi connectivity index (χ3n) is 11.7. The summed E-state index contributed by atoms with van der Waals surface area (Å²) in [5, 5.41) is 0. The second kappa shape index (κ2) is 6.56. The third kappa shape index (κ3) is 2.54. The molecule has 0 aromatic rings. The minimum atomic E-state index is -0.292. The lowest BCUT2D eigenvalue weighted by Gasteiger charge is -2.60. The van der Waals surface area contributed by atoms with E-state index in [1.807, 2.05) is 0 Å². The van der Waals surface area contributed by atoms with Crippen LogP contribution in [0.5, 0.6) is 0 Å². The van der Waals surface area contributed by atoms with Crippen LogP contribution < -0.4 is 0 Å². The molecule has 0 aromatic carbocycles. The summed E-state index contributed by atoms with van der Waals surface area (Å²) >= 11 is 0. The molecule has 6 fully saturated rings. The minimum Gasteiger partial charge on any atom is -0.349 e. The summed E-state index contributed by atoms with van der Waals surface area (Å²) in [6, 6.07) is 0. The van der Waals surface area contributed by atoms with E-state index < -0.39 is 0 Å². The summed E-state index contributed by atoms with van der Waals surface area (Å²) in [5.41, 5.74) is 0.820. The molecule has 3 nitrogen and oxygen atoms in total. The second-order valence-electron chi connectivity index (χ2n) is 12.9. The zero-order chi connectivity index (χ0) is 20.9. The van der Waals surface area contributed by atoms with Gasteiger partial charge in [0.05, 0.1) is 12.7 Å². The van der Waals surface area contributed by atoms with Crippen LogP contribution in [0.3, 0.4) is 0 Å². The first-order chi connectivity index (χ1) is 14.3. The van der Waals surface area contributed by atoms with Crippen molar-refractivity contribution < 1.29 is 14.3 Å². The SMILES string of the molecule is C[C@@H]1CCC2(OC1)O[C@H]1C[C@H]3[C@H]4CC[C@H]5CC(=O)CC[C@]5(C)[C@H]4CC[C@]3(C)[C@H]1[C@@H]2C. The molecule has 0 radical (unpaired) electrons. The van der Waals surface area contributed by atoms with Crippen molar-refractivity contribution in [3.05, 3.63) is 0 Å². The Morgan fingerprint density at radius 1 is 0.933 bits per heavy atom. The minimum absolute atomic E-state index is 0.292. The maximum atomic E-state index is 12.2. The summed E-state index contributed by atoms with van der Waals surface area (Å²) in [5.74, 6) is 5.23. The topological polar surface area (TPSA) is 35.5 Å². The maximum Gasteiger partial charge on any atom is 0.171 e. The molecule has 0 aromatic heterocycles. The molecule has 0 N–H and O–H groups in total. The van der Waals surface area contributed by atoms with Gasteiger partial charge in [0.25, 0.3) is 0 Å². The summed E-state index contributed by atoms with van der Waals surface area (Å²) in [6.45, 7) is 10.8. The summed E-state index contributed by atoms with van der Waals surface area (Å²) < 4.78 is 13.4. The number of ketones is 1. The lowest BCUT2D eigenvalue weighted by atomic mass is 9.44. The van der Waals surface area contributed by atoms with Gasteiger partial charge in [0.1, 0.15) is 5.78 Å². The Morgan fingerprint density at radius 3 is 2.53 bits per heavy atom. The normalized spacial score (nSPS) is 60.1. The number of carbonyl (C=O) groups is 1. The number of carbonyl (C=O) groups excluding carboxylic acids is 1. The van der Waals surface area contributed by atoms with Crippen LogP contribution in [0.4, 0.5) is 0 Å². The largest absolute Gasteiger partial charge is 0.349 e. The van der Waals surface area contributed by atoms with Crippen molar-refractivity contribution in [2.24, 2.45) is 52.3 Å². The van der Waals surface area contributed by atoms with Gasteiger partial charge in [-0.1, -0.05) is 27.7 Å². The van der Waals surface area contributed by atoms with E-state index in [-0.39, 0.29) is 5.79 Å². The highest BCUT2D eigenvalue weighted by molar-refractivity contribution is 5.79. The molecule has 4 aliphatic carbocycles. The fourth-order valence-electron chi connectivity index (χ4n) is 10.1. The average molecular weight is 415 g/mol. The fraction of sp³-hybridized carbons (Fsp3) is 0.963. The third-order valence-corrected chi connectivity index (χ3v) is 11.7. The molecule has 2 heterocycles. The zero-order valence-corrected chi connectivity index (χ0v) is 19.6. The average Bonchev–Trinajstić information content (AvgIpc) is 3.16. The molecule has 6 rings (SSSR count). The standard InChI is InChI=1S/C27H42O3/c1-16-7-12-27(29-15-16)17(2)24-23(30-27)14-22-20-6-5-18-13-19(28)8-10-25(18,3)21(20)9-11-26(22,24)4/h16-18,20-24H,5-15H2,1-4H3/t16-,17+,18+,20+,21+,22+,23+,24+,25+,26+,27?/m1/s1. The maximum absolute atomic E-state index is 12.2. The monoisotopic (exact) mass is 414 g/mol. The van der Waals surface area contributed by atoms with E-state index in [0.717, 1.165) is 50.0 Å². The quantitative estimate of drug-likeness (QED) is 0.487. The van der Waals surface area contributed by atoms with E-state index in [9.17, 15) is 4.79 Å². The van der Waals surface area contributed by atoms with Crippen LogP contribution in [0.1, 0.15) is 91.9 Å². The van der Waals surface area contributed by atoms with Crippen molar-refractivity contribution in [2.45, 2.75) is 104 Å². The van der Waals surface area contributed by atoms with E-state index in [0.29, 0.717) is 46.4 Å². The summed E-state index contributed by atoms with van der Waals surface area (Å²) in [4.78, 5) is 12.2. The first kappa shape index (κ1) is 20.2. The van der Waals surface area contributed by atoms with Gasteiger partial charge in [-0.15, -0.1) is 0 Å². The first-order valence-electron chi connectivity index (χ1n) is 13.1. The summed E-state index contributed by atoms with van der Waals surface area (Å²) in [7, 11) is 0. The molecule has 4 saturated carbocycles. The second-order valence-corrected chi connectivity index (χ2v) is 12.9. The van der Waals surface area contributed by atoms with Crippen LogP contribution in [0, 0.1) is 52.3 Å². The molecule has 2 saturated heterocycles. The van der Waals surface area contributed by atoms with Gasteiger partial charge in [0.2, 0.25) is 0 Å². The first-order valence-corrected chi connectivity index (χ1v) is 13.1. The molecule has 1 unspecified atom stereocenters. The van der Waals surface area contributed by atoms with Crippen LogP contribution in [-0.4, -0.2) is 24.3 Å². The van der Waals surface area contributed by atoms with Crippen LogP contribution in [-0.2, 0) is 14.3 Å². The molecule has 11 atom stereocenters. The van der Waals surface area contributed by atoms with E-state index in [1.165, 1.54) is 38.5 Å². The van der Waals surface area contributed by atoms with Gasteiger partial charge in [-0.3, -0.25) is 4.79 Å². The fourth-order valence-corrected chi connectivity index (χ4v) is 10.1. The van der Waals surface area contributed by atoms with Crippen molar-refractivity contribution in [1.82, 2.24) is 0 Å². The molecular formula is C27H42O3. The number of fused-ring (bicyclic) bond motifs is 7.